The van der Waals surface area contributed by atoms with Crippen LogP contribution in [0.5, 0.6) is 11.5 Å². The quantitative estimate of drug-likeness (QED) is 0.376. The molecule has 2 atom stereocenters. The Kier molecular flexibility index (Phi) is 5.18. The van der Waals surface area contributed by atoms with Gasteiger partial charge in [-0.3, -0.25) is 9.59 Å². The zero-order valence-electron chi connectivity index (χ0n) is 17.8. The second-order valence-corrected chi connectivity index (χ2v) is 7.97. The van der Waals surface area contributed by atoms with Crippen molar-refractivity contribution in [2.45, 2.75) is 25.5 Å². The Hall–Kier alpha value is -4.33. The van der Waals surface area contributed by atoms with E-state index in [0.29, 0.717) is 29.2 Å². The number of nitrogens with one attached hydrogen (secondary N) is 3. The van der Waals surface area contributed by atoms with Crippen LogP contribution < -0.4 is 15.4 Å². The van der Waals surface area contributed by atoms with Gasteiger partial charge in [-0.05, 0) is 55.3 Å². The lowest BCUT2D eigenvalue weighted by atomic mass is 10.0. The van der Waals surface area contributed by atoms with E-state index >= 15 is 0 Å². The number of aromatic nitrogens is 2. The number of phenolic OH excluding ortho intramolecular Hbond substituents is 1. The minimum Gasteiger partial charge on any atom is -0.508 e. The van der Waals surface area contributed by atoms with Gasteiger partial charge in [0.1, 0.15) is 11.6 Å². The molecule has 3 aromatic carbocycles. The average molecular weight is 442 g/mol. The van der Waals surface area contributed by atoms with Crippen molar-refractivity contribution < 1.29 is 19.4 Å². The maximum Gasteiger partial charge on any atom is 0.265 e. The van der Waals surface area contributed by atoms with Crippen molar-refractivity contribution in [2.24, 2.45) is 0 Å². The number of ether oxygens (including phenoxy) is 1. The number of hydrogen-bond acceptors (Lipinski definition) is 5. The molecule has 2 amide bonds. The van der Waals surface area contributed by atoms with Gasteiger partial charge in [0.2, 0.25) is 0 Å². The highest BCUT2D eigenvalue weighted by molar-refractivity contribution is 6.04. The number of phenols is 1. The summed E-state index contributed by atoms with van der Waals surface area (Å²) in [5.74, 6) is 0.527. The molecule has 4 aromatic rings. The number of carbonyl (C=O) groups is 2. The first-order valence-corrected chi connectivity index (χ1v) is 10.6. The standard InChI is InChI=1S/C25H22N4O4/c1-14-24(31)28-20-8-4-5-17(22(20)33-14)25(32)29-21(13-15-9-11-16(30)12-10-15)23-26-18-6-2-3-7-19(18)27-23/h2-12,14,21,30H,13H2,1H3,(H,26,27)(H,28,31)(H,29,32). The summed E-state index contributed by atoms with van der Waals surface area (Å²) in [7, 11) is 0. The number of imidazole rings is 1. The molecule has 4 N–H and O–H groups in total. The first kappa shape index (κ1) is 20.6. The molecule has 0 aliphatic carbocycles. The number of aromatic hydroxyl groups is 1. The van der Waals surface area contributed by atoms with Crippen molar-refractivity contribution in [2.75, 3.05) is 5.32 Å². The highest BCUT2D eigenvalue weighted by Crippen LogP contribution is 2.34. The summed E-state index contributed by atoms with van der Waals surface area (Å²) in [6.45, 7) is 1.63. The van der Waals surface area contributed by atoms with Gasteiger partial charge in [-0.15, -0.1) is 0 Å². The molecule has 0 fully saturated rings. The van der Waals surface area contributed by atoms with Gasteiger partial charge in [0, 0.05) is 0 Å². The molecule has 2 unspecified atom stereocenters. The number of hydrogen-bond donors (Lipinski definition) is 4. The maximum atomic E-state index is 13.4. The Balaban J connectivity index is 1.48. The average Bonchev–Trinajstić information content (AvgIpc) is 3.25. The van der Waals surface area contributed by atoms with E-state index in [9.17, 15) is 14.7 Å². The third kappa shape index (κ3) is 4.10. The highest BCUT2D eigenvalue weighted by Gasteiger charge is 2.29. The highest BCUT2D eigenvalue weighted by atomic mass is 16.5. The zero-order valence-corrected chi connectivity index (χ0v) is 17.8. The summed E-state index contributed by atoms with van der Waals surface area (Å²) in [6.07, 6.45) is -0.246. The van der Waals surface area contributed by atoms with Gasteiger partial charge in [-0.1, -0.05) is 30.3 Å². The molecular weight excluding hydrogens is 420 g/mol. The minimum atomic E-state index is -0.699. The molecule has 1 aliphatic heterocycles. The first-order chi connectivity index (χ1) is 16.0. The summed E-state index contributed by atoms with van der Waals surface area (Å²) in [6, 6.07) is 19.1. The molecule has 1 aromatic heterocycles. The Morgan fingerprint density at radius 1 is 1.12 bits per heavy atom. The van der Waals surface area contributed by atoms with Gasteiger partial charge in [0.05, 0.1) is 28.3 Å². The SMILES string of the molecule is CC1Oc2c(cccc2C(=O)NC(Cc2ccc(O)cc2)c2nc3ccccc3[nH]2)NC1=O. The number of H-pyrrole nitrogens is 1. The van der Waals surface area contributed by atoms with Crippen LogP contribution >= 0.6 is 0 Å². The first-order valence-electron chi connectivity index (χ1n) is 10.6. The van der Waals surface area contributed by atoms with Crippen molar-refractivity contribution >= 4 is 28.5 Å². The number of amides is 2. The lowest BCUT2D eigenvalue weighted by molar-refractivity contribution is -0.122. The van der Waals surface area contributed by atoms with Gasteiger partial charge < -0.3 is 25.5 Å². The second-order valence-electron chi connectivity index (χ2n) is 7.97. The molecule has 0 bridgehead atoms. The Morgan fingerprint density at radius 3 is 2.70 bits per heavy atom. The summed E-state index contributed by atoms with van der Waals surface area (Å²) in [5.41, 5.74) is 3.38. The van der Waals surface area contributed by atoms with E-state index in [1.807, 2.05) is 36.4 Å². The van der Waals surface area contributed by atoms with Gasteiger partial charge in [-0.25, -0.2) is 4.98 Å². The predicted molar refractivity (Wildman–Crippen MR) is 123 cm³/mol. The molecule has 8 nitrogen and oxygen atoms in total. The molecule has 1 aliphatic rings. The van der Waals surface area contributed by atoms with Crippen molar-refractivity contribution in [1.29, 1.82) is 0 Å². The van der Waals surface area contributed by atoms with Gasteiger partial charge in [0.25, 0.3) is 11.8 Å². The molecule has 5 rings (SSSR count). The number of benzene rings is 3. The molecule has 33 heavy (non-hydrogen) atoms. The topological polar surface area (TPSA) is 116 Å². The van der Waals surface area contributed by atoms with Crippen molar-refractivity contribution in [1.82, 2.24) is 15.3 Å². The largest absolute Gasteiger partial charge is 0.508 e. The Morgan fingerprint density at radius 2 is 1.91 bits per heavy atom. The van der Waals surface area contributed by atoms with Crippen LogP contribution in [-0.2, 0) is 11.2 Å². The fourth-order valence-electron chi connectivity index (χ4n) is 3.86. The van der Waals surface area contributed by atoms with E-state index in [1.165, 1.54) is 0 Å². The number of aromatic amines is 1. The van der Waals surface area contributed by atoms with E-state index < -0.39 is 12.1 Å². The molecule has 8 heteroatoms. The van der Waals surface area contributed by atoms with Crippen LogP contribution in [0, 0.1) is 0 Å². The second kappa shape index (κ2) is 8.31. The molecular formula is C25H22N4O4. The third-order valence-corrected chi connectivity index (χ3v) is 5.60. The van der Waals surface area contributed by atoms with E-state index in [1.54, 1.807) is 37.3 Å². The van der Waals surface area contributed by atoms with Crippen LogP contribution in [0.4, 0.5) is 5.69 Å². The number of fused-ring (bicyclic) bond motifs is 2. The molecule has 0 radical (unpaired) electrons. The monoisotopic (exact) mass is 442 g/mol. The summed E-state index contributed by atoms with van der Waals surface area (Å²) < 4.78 is 5.74. The fraction of sp³-hybridized carbons (Fsp3) is 0.160. The zero-order chi connectivity index (χ0) is 22.9. The molecule has 166 valence electrons. The van der Waals surface area contributed by atoms with Gasteiger partial charge in [0.15, 0.2) is 11.9 Å². The summed E-state index contributed by atoms with van der Waals surface area (Å²) in [5, 5.41) is 15.4. The van der Waals surface area contributed by atoms with Crippen LogP contribution in [0.15, 0.2) is 66.7 Å². The predicted octanol–water partition coefficient (Wildman–Crippen LogP) is 3.70. The summed E-state index contributed by atoms with van der Waals surface area (Å²) >= 11 is 0. The van der Waals surface area contributed by atoms with Crippen LogP contribution in [0.2, 0.25) is 0 Å². The molecule has 0 saturated carbocycles. The smallest absolute Gasteiger partial charge is 0.265 e. The maximum absolute atomic E-state index is 13.4. The van der Waals surface area contributed by atoms with Crippen molar-refractivity contribution in [3.05, 3.63) is 83.7 Å². The minimum absolute atomic E-state index is 0.173. The molecule has 2 heterocycles. The lowest BCUT2D eigenvalue weighted by Gasteiger charge is -2.25. The van der Waals surface area contributed by atoms with Crippen molar-refractivity contribution in [3.8, 4) is 11.5 Å². The normalized spacial score (nSPS) is 15.9. The van der Waals surface area contributed by atoms with Crippen LogP contribution in [0.3, 0.4) is 0 Å². The van der Waals surface area contributed by atoms with Gasteiger partial charge >= 0.3 is 0 Å². The number of para-hydroxylation sites is 3. The van der Waals surface area contributed by atoms with E-state index in [4.69, 9.17) is 4.74 Å². The van der Waals surface area contributed by atoms with Crippen LogP contribution in [-0.4, -0.2) is 33.0 Å². The fourth-order valence-corrected chi connectivity index (χ4v) is 3.86. The van der Waals surface area contributed by atoms with Gasteiger partial charge in [-0.2, -0.15) is 0 Å². The molecule has 0 spiro atoms. The van der Waals surface area contributed by atoms with Crippen LogP contribution in [0.1, 0.15) is 34.7 Å². The number of carbonyl (C=O) groups excluding carboxylic acids is 2. The Bertz CT molecular complexity index is 1310. The van der Waals surface area contributed by atoms with E-state index in [2.05, 4.69) is 20.6 Å². The van der Waals surface area contributed by atoms with Crippen LogP contribution in [0.25, 0.3) is 11.0 Å². The van der Waals surface area contributed by atoms with Crippen molar-refractivity contribution in [3.63, 3.8) is 0 Å². The summed E-state index contributed by atoms with van der Waals surface area (Å²) in [4.78, 5) is 33.3. The van der Waals surface area contributed by atoms with E-state index in [-0.39, 0.29) is 17.6 Å². The molecule has 0 saturated heterocycles. The van der Waals surface area contributed by atoms with E-state index in [0.717, 1.165) is 16.6 Å². The number of anilines is 1. The number of nitrogens with zero attached hydrogens (tertiary/aromatic N) is 1. The Labute approximate surface area is 189 Å². The third-order valence-electron chi connectivity index (χ3n) is 5.60. The number of rotatable bonds is 5. The lowest BCUT2D eigenvalue weighted by Crippen LogP contribution is -2.36.